The predicted octanol–water partition coefficient (Wildman–Crippen LogP) is 7.67. The Morgan fingerprint density at radius 2 is 0.692 bits per heavy atom. The van der Waals surface area contributed by atoms with Crippen LogP contribution in [0.3, 0.4) is 0 Å². The van der Waals surface area contributed by atoms with Crippen LogP contribution in [0.1, 0.15) is 54.4 Å². The molecular formula is C35H42N2O2. The molecule has 0 bridgehead atoms. The molecule has 4 heteroatoms. The minimum absolute atomic E-state index is 0.772. The molecule has 0 radical (unpaired) electrons. The van der Waals surface area contributed by atoms with Crippen molar-refractivity contribution in [3.05, 3.63) is 131 Å². The molecule has 0 aromatic heterocycles. The summed E-state index contributed by atoms with van der Waals surface area (Å²) in [4.78, 5) is 0. The van der Waals surface area contributed by atoms with E-state index in [4.69, 9.17) is 9.47 Å². The first kappa shape index (κ1) is 28.4. The van der Waals surface area contributed by atoms with Crippen LogP contribution < -0.4 is 20.1 Å². The molecule has 0 aliphatic heterocycles. The third-order valence-corrected chi connectivity index (χ3v) is 6.67. The van der Waals surface area contributed by atoms with Gasteiger partial charge in [0.25, 0.3) is 0 Å². The van der Waals surface area contributed by atoms with Gasteiger partial charge >= 0.3 is 0 Å². The monoisotopic (exact) mass is 522 g/mol. The molecule has 0 amide bonds. The van der Waals surface area contributed by atoms with Gasteiger partial charge in [-0.3, -0.25) is 0 Å². The van der Waals surface area contributed by atoms with Crippen LogP contribution in [0.4, 0.5) is 0 Å². The van der Waals surface area contributed by atoms with E-state index < -0.39 is 0 Å². The largest absolute Gasteiger partial charge is 0.494 e. The number of benzene rings is 4. The predicted molar refractivity (Wildman–Crippen MR) is 161 cm³/mol. The maximum absolute atomic E-state index is 5.93. The highest BCUT2D eigenvalue weighted by Gasteiger charge is 2.00. The number of unbranched alkanes of at least 4 members (excludes halogenated alkanes) is 4. The van der Waals surface area contributed by atoms with Crippen molar-refractivity contribution in [2.24, 2.45) is 0 Å². The minimum Gasteiger partial charge on any atom is -0.494 e. The van der Waals surface area contributed by atoms with Crippen LogP contribution in [0, 0.1) is 0 Å². The quantitative estimate of drug-likeness (QED) is 0.132. The van der Waals surface area contributed by atoms with Gasteiger partial charge in [-0.1, -0.05) is 104 Å². The first-order valence-electron chi connectivity index (χ1n) is 14.3. The number of hydrogen-bond acceptors (Lipinski definition) is 4. The van der Waals surface area contributed by atoms with Crippen LogP contribution in [-0.4, -0.2) is 13.2 Å². The van der Waals surface area contributed by atoms with Crippen LogP contribution in [0.2, 0.25) is 0 Å². The topological polar surface area (TPSA) is 42.5 Å². The Morgan fingerprint density at radius 3 is 1.08 bits per heavy atom. The Kier molecular flexibility index (Phi) is 12.4. The maximum atomic E-state index is 5.93. The Labute approximate surface area is 234 Å². The van der Waals surface area contributed by atoms with E-state index in [-0.39, 0.29) is 0 Å². The Balaban J connectivity index is 0.973. The van der Waals surface area contributed by atoms with Crippen molar-refractivity contribution in [1.29, 1.82) is 0 Å². The number of ether oxygens (including phenoxy) is 2. The van der Waals surface area contributed by atoms with E-state index >= 15 is 0 Å². The Bertz CT molecular complexity index is 1070. The average molecular weight is 523 g/mol. The first-order chi connectivity index (χ1) is 19.3. The van der Waals surface area contributed by atoms with Crippen molar-refractivity contribution < 1.29 is 9.47 Å². The highest BCUT2D eigenvalue weighted by atomic mass is 16.5. The lowest BCUT2D eigenvalue weighted by Gasteiger charge is -2.09. The molecule has 0 heterocycles. The lowest BCUT2D eigenvalue weighted by molar-refractivity contribution is 0.293. The van der Waals surface area contributed by atoms with Crippen LogP contribution in [-0.2, 0) is 26.2 Å². The molecule has 0 atom stereocenters. The lowest BCUT2D eigenvalue weighted by Crippen LogP contribution is -2.12. The molecule has 0 saturated heterocycles. The van der Waals surface area contributed by atoms with E-state index in [9.17, 15) is 0 Å². The van der Waals surface area contributed by atoms with Gasteiger partial charge in [-0.2, -0.15) is 0 Å². The zero-order chi connectivity index (χ0) is 26.8. The number of hydrogen-bond donors (Lipinski definition) is 2. The van der Waals surface area contributed by atoms with Crippen molar-refractivity contribution in [3.8, 4) is 11.5 Å². The van der Waals surface area contributed by atoms with Crippen LogP contribution in [0.15, 0.2) is 109 Å². The SMILES string of the molecule is c1ccc(CNCc2ccc(OCCCCCCCOc3ccc(CNCc4ccccc4)cc3)cc2)cc1. The summed E-state index contributed by atoms with van der Waals surface area (Å²) in [5.41, 5.74) is 5.15. The second-order valence-electron chi connectivity index (χ2n) is 9.93. The van der Waals surface area contributed by atoms with Crippen molar-refractivity contribution in [3.63, 3.8) is 0 Å². The number of rotatable bonds is 18. The second kappa shape index (κ2) is 17.1. The molecule has 0 unspecified atom stereocenters. The smallest absolute Gasteiger partial charge is 0.119 e. The molecule has 4 aromatic rings. The van der Waals surface area contributed by atoms with Gasteiger partial charge in [0.1, 0.15) is 11.5 Å². The van der Waals surface area contributed by atoms with Gasteiger partial charge in [0.05, 0.1) is 13.2 Å². The van der Waals surface area contributed by atoms with Crippen LogP contribution in [0.25, 0.3) is 0 Å². The van der Waals surface area contributed by atoms with E-state index in [1.54, 1.807) is 0 Å². The molecule has 4 nitrogen and oxygen atoms in total. The van der Waals surface area contributed by atoms with E-state index in [1.165, 1.54) is 41.5 Å². The first-order valence-corrected chi connectivity index (χ1v) is 14.3. The van der Waals surface area contributed by atoms with Gasteiger partial charge in [0.15, 0.2) is 0 Å². The zero-order valence-corrected chi connectivity index (χ0v) is 23.0. The van der Waals surface area contributed by atoms with E-state index in [0.29, 0.717) is 0 Å². The minimum atomic E-state index is 0.772. The molecule has 0 spiro atoms. The van der Waals surface area contributed by atoms with Crippen LogP contribution >= 0.6 is 0 Å². The van der Waals surface area contributed by atoms with Gasteiger partial charge in [-0.25, -0.2) is 0 Å². The summed E-state index contributed by atoms with van der Waals surface area (Å²) in [6.07, 6.45) is 5.76. The van der Waals surface area contributed by atoms with Crippen molar-refractivity contribution in [1.82, 2.24) is 10.6 Å². The molecule has 4 aromatic carbocycles. The zero-order valence-electron chi connectivity index (χ0n) is 23.0. The fourth-order valence-corrected chi connectivity index (χ4v) is 4.42. The molecule has 39 heavy (non-hydrogen) atoms. The summed E-state index contributed by atoms with van der Waals surface area (Å²) in [7, 11) is 0. The van der Waals surface area contributed by atoms with Gasteiger partial charge < -0.3 is 20.1 Å². The third kappa shape index (κ3) is 11.4. The summed E-state index contributed by atoms with van der Waals surface area (Å²) < 4.78 is 11.9. The summed E-state index contributed by atoms with van der Waals surface area (Å²) in [6, 6.07) is 37.8. The Hall–Kier alpha value is -3.60. The molecule has 2 N–H and O–H groups in total. The summed E-state index contributed by atoms with van der Waals surface area (Å²) in [6.45, 7) is 5.02. The van der Waals surface area contributed by atoms with Crippen molar-refractivity contribution in [2.45, 2.75) is 58.3 Å². The van der Waals surface area contributed by atoms with E-state index in [0.717, 1.165) is 63.7 Å². The van der Waals surface area contributed by atoms with Gasteiger partial charge in [0, 0.05) is 26.2 Å². The fraction of sp³-hybridized carbons (Fsp3) is 0.314. The Morgan fingerprint density at radius 1 is 0.359 bits per heavy atom. The highest BCUT2D eigenvalue weighted by molar-refractivity contribution is 5.28. The molecule has 4 rings (SSSR count). The lowest BCUT2D eigenvalue weighted by atomic mass is 10.1. The average Bonchev–Trinajstić information content (AvgIpc) is 2.99. The summed E-state index contributed by atoms with van der Waals surface area (Å²) >= 11 is 0. The van der Waals surface area contributed by atoms with Gasteiger partial charge in [-0.15, -0.1) is 0 Å². The van der Waals surface area contributed by atoms with Gasteiger partial charge in [-0.05, 0) is 59.4 Å². The molecule has 204 valence electrons. The molecular weight excluding hydrogens is 480 g/mol. The van der Waals surface area contributed by atoms with Gasteiger partial charge in [0.2, 0.25) is 0 Å². The van der Waals surface area contributed by atoms with Crippen LogP contribution in [0.5, 0.6) is 11.5 Å². The fourth-order valence-electron chi connectivity index (χ4n) is 4.42. The van der Waals surface area contributed by atoms with E-state index in [2.05, 4.69) is 108 Å². The van der Waals surface area contributed by atoms with Crippen molar-refractivity contribution >= 4 is 0 Å². The normalized spacial score (nSPS) is 10.9. The summed E-state index contributed by atoms with van der Waals surface area (Å²) in [5.74, 6) is 1.90. The maximum Gasteiger partial charge on any atom is 0.119 e. The third-order valence-electron chi connectivity index (χ3n) is 6.67. The molecule has 0 fully saturated rings. The highest BCUT2D eigenvalue weighted by Crippen LogP contribution is 2.15. The molecule has 0 aliphatic carbocycles. The second-order valence-corrected chi connectivity index (χ2v) is 9.93. The molecule has 0 aliphatic rings. The van der Waals surface area contributed by atoms with Crippen molar-refractivity contribution in [2.75, 3.05) is 13.2 Å². The van der Waals surface area contributed by atoms with E-state index in [1.807, 2.05) is 12.1 Å². The molecule has 0 saturated carbocycles. The number of nitrogens with one attached hydrogen (secondary N) is 2. The standard InChI is InChI=1S/C35H42N2O2/c1(2-10-24-38-34-20-16-32(17-21-34)28-36-26-30-12-6-4-7-13-30)3-11-25-39-35-22-18-33(19-23-35)29-37-27-31-14-8-5-9-15-31/h4-9,12-23,36-37H,1-3,10-11,24-29H2. The summed E-state index contributed by atoms with van der Waals surface area (Å²) in [5, 5.41) is 6.98.